The Morgan fingerprint density at radius 2 is 1.50 bits per heavy atom. The summed E-state index contributed by atoms with van der Waals surface area (Å²) in [6.45, 7) is 17.1. The molecule has 5 heteroatoms. The summed E-state index contributed by atoms with van der Waals surface area (Å²) in [5, 5.41) is 0. The van der Waals surface area contributed by atoms with Gasteiger partial charge in [0.05, 0.1) is 5.56 Å². The number of nitrogens with zero attached hydrogens (tertiary/aromatic N) is 1. The van der Waals surface area contributed by atoms with Crippen LogP contribution in [0.4, 0.5) is 4.79 Å². The van der Waals surface area contributed by atoms with E-state index in [4.69, 9.17) is 9.47 Å². The first-order chi connectivity index (χ1) is 15.0. The largest absolute Gasteiger partial charge is 0.419 e. The predicted molar refractivity (Wildman–Crippen MR) is 129 cm³/mol. The van der Waals surface area contributed by atoms with Crippen molar-refractivity contribution in [3.05, 3.63) is 58.1 Å². The summed E-state index contributed by atoms with van der Waals surface area (Å²) in [4.78, 5) is 27.3. The van der Waals surface area contributed by atoms with E-state index in [1.54, 1.807) is 17.0 Å². The predicted octanol–water partition coefficient (Wildman–Crippen LogP) is 6.61. The number of benzene rings is 2. The standard InChI is InChI=1S/C27H37NO4/c1-9-12-20-13-15-21(16-14-20)25(29)31-23-18(4)17-22(27(6,7)8)19(5)24(23)32-26(30)28(10-2)11-3/h13-17H,9-12H2,1-8H3. The molecule has 5 nitrogen and oxygen atoms in total. The zero-order valence-electron chi connectivity index (χ0n) is 20.8. The van der Waals surface area contributed by atoms with Gasteiger partial charge in [0.25, 0.3) is 0 Å². The van der Waals surface area contributed by atoms with E-state index in [0.717, 1.165) is 29.5 Å². The highest BCUT2D eigenvalue weighted by Gasteiger charge is 2.27. The molecule has 0 radical (unpaired) electrons. The monoisotopic (exact) mass is 439 g/mol. The SMILES string of the molecule is CCCc1ccc(C(=O)Oc2c(C)cc(C(C)(C)C)c(C)c2OC(=O)N(CC)CC)cc1. The number of carbonyl (C=O) groups is 2. The summed E-state index contributed by atoms with van der Waals surface area (Å²) in [5.74, 6) is 0.126. The third-order valence-corrected chi connectivity index (χ3v) is 5.61. The number of aryl methyl sites for hydroxylation is 2. The molecule has 0 aliphatic carbocycles. The lowest BCUT2D eigenvalue weighted by molar-refractivity contribution is 0.0725. The lowest BCUT2D eigenvalue weighted by Crippen LogP contribution is -2.33. The zero-order valence-corrected chi connectivity index (χ0v) is 20.8. The molecular weight excluding hydrogens is 402 g/mol. The molecule has 2 aromatic carbocycles. The van der Waals surface area contributed by atoms with Crippen molar-refractivity contribution in [3.63, 3.8) is 0 Å². The first kappa shape index (κ1) is 25.4. The highest BCUT2D eigenvalue weighted by Crippen LogP contribution is 2.41. The molecule has 0 saturated heterocycles. The minimum atomic E-state index is -0.473. The Bertz CT molecular complexity index is 951. The summed E-state index contributed by atoms with van der Waals surface area (Å²) in [6, 6.07) is 9.46. The highest BCUT2D eigenvalue weighted by molar-refractivity contribution is 5.92. The molecule has 0 heterocycles. The van der Waals surface area contributed by atoms with Gasteiger partial charge in [-0.25, -0.2) is 9.59 Å². The van der Waals surface area contributed by atoms with Crippen molar-refractivity contribution >= 4 is 12.1 Å². The second-order valence-corrected chi connectivity index (χ2v) is 9.15. The number of rotatable bonds is 7. The molecule has 0 saturated carbocycles. The average Bonchev–Trinajstić information content (AvgIpc) is 2.73. The van der Waals surface area contributed by atoms with Crippen LogP contribution in [-0.2, 0) is 11.8 Å². The smallest absolute Gasteiger partial charge is 0.415 e. The molecule has 0 aromatic heterocycles. The second kappa shape index (κ2) is 10.7. The molecule has 0 N–H and O–H groups in total. The van der Waals surface area contributed by atoms with Crippen molar-refractivity contribution in [2.75, 3.05) is 13.1 Å². The van der Waals surface area contributed by atoms with Crippen LogP contribution >= 0.6 is 0 Å². The normalized spacial score (nSPS) is 11.2. The summed E-state index contributed by atoms with van der Waals surface area (Å²) < 4.78 is 11.7. The number of hydrogen-bond donors (Lipinski definition) is 0. The third-order valence-electron chi connectivity index (χ3n) is 5.61. The Morgan fingerprint density at radius 1 is 0.906 bits per heavy atom. The van der Waals surface area contributed by atoms with Crippen molar-refractivity contribution < 1.29 is 19.1 Å². The maximum Gasteiger partial charge on any atom is 0.415 e. The van der Waals surface area contributed by atoms with E-state index in [1.807, 2.05) is 45.9 Å². The minimum Gasteiger partial charge on any atom is -0.419 e. The van der Waals surface area contributed by atoms with Crippen LogP contribution in [0.2, 0.25) is 0 Å². The Hall–Kier alpha value is -2.82. The fourth-order valence-electron chi connectivity index (χ4n) is 3.77. The van der Waals surface area contributed by atoms with Crippen LogP contribution in [0, 0.1) is 13.8 Å². The number of ether oxygens (including phenoxy) is 2. The van der Waals surface area contributed by atoms with Crippen molar-refractivity contribution in [2.24, 2.45) is 0 Å². The van der Waals surface area contributed by atoms with Crippen LogP contribution in [0.5, 0.6) is 11.5 Å². The van der Waals surface area contributed by atoms with E-state index in [9.17, 15) is 9.59 Å². The lowest BCUT2D eigenvalue weighted by atomic mass is 9.82. The maximum absolute atomic E-state index is 12.9. The van der Waals surface area contributed by atoms with E-state index < -0.39 is 12.1 Å². The number of esters is 1. The molecule has 0 atom stereocenters. The third kappa shape index (κ3) is 5.90. The van der Waals surface area contributed by atoms with Gasteiger partial charge in [-0.15, -0.1) is 0 Å². The topological polar surface area (TPSA) is 55.8 Å². The van der Waals surface area contributed by atoms with E-state index in [2.05, 4.69) is 27.7 Å². The van der Waals surface area contributed by atoms with Gasteiger partial charge in [0.1, 0.15) is 0 Å². The highest BCUT2D eigenvalue weighted by atomic mass is 16.6. The van der Waals surface area contributed by atoms with E-state index in [1.165, 1.54) is 5.56 Å². The van der Waals surface area contributed by atoms with Gasteiger partial charge >= 0.3 is 12.1 Å². The van der Waals surface area contributed by atoms with Crippen LogP contribution in [-0.4, -0.2) is 30.1 Å². The van der Waals surface area contributed by atoms with Gasteiger partial charge < -0.3 is 14.4 Å². The number of carbonyl (C=O) groups excluding carboxylic acids is 2. The second-order valence-electron chi connectivity index (χ2n) is 9.15. The zero-order chi connectivity index (χ0) is 24.1. The Morgan fingerprint density at radius 3 is 2.00 bits per heavy atom. The molecule has 1 amide bonds. The summed E-state index contributed by atoms with van der Waals surface area (Å²) >= 11 is 0. The minimum absolute atomic E-state index is 0.164. The van der Waals surface area contributed by atoms with E-state index in [-0.39, 0.29) is 5.41 Å². The molecular formula is C27H37NO4. The molecule has 0 spiro atoms. The lowest BCUT2D eigenvalue weighted by Gasteiger charge is -2.27. The maximum atomic E-state index is 12.9. The van der Waals surface area contributed by atoms with Gasteiger partial charge in [-0.2, -0.15) is 0 Å². The molecule has 2 rings (SSSR count). The molecule has 32 heavy (non-hydrogen) atoms. The summed E-state index contributed by atoms with van der Waals surface area (Å²) in [7, 11) is 0. The van der Waals surface area contributed by atoms with Gasteiger partial charge in [-0.1, -0.05) is 52.3 Å². The van der Waals surface area contributed by atoms with Crippen LogP contribution in [0.1, 0.15) is 80.6 Å². The molecule has 0 bridgehead atoms. The van der Waals surface area contributed by atoms with Crippen molar-refractivity contribution in [3.8, 4) is 11.5 Å². The summed E-state index contributed by atoms with van der Waals surface area (Å²) in [5.41, 5.74) is 4.06. The van der Waals surface area contributed by atoms with Crippen LogP contribution < -0.4 is 9.47 Å². The number of amides is 1. The molecule has 174 valence electrons. The van der Waals surface area contributed by atoms with E-state index in [0.29, 0.717) is 30.2 Å². The van der Waals surface area contributed by atoms with E-state index >= 15 is 0 Å². The fraction of sp³-hybridized carbons (Fsp3) is 0.481. The fourth-order valence-corrected chi connectivity index (χ4v) is 3.77. The molecule has 0 fully saturated rings. The molecule has 0 unspecified atom stereocenters. The molecule has 2 aromatic rings. The average molecular weight is 440 g/mol. The van der Waals surface area contributed by atoms with Gasteiger partial charge in [0.15, 0.2) is 11.5 Å². The van der Waals surface area contributed by atoms with Crippen LogP contribution in [0.15, 0.2) is 30.3 Å². The van der Waals surface area contributed by atoms with Gasteiger partial charge in [0, 0.05) is 13.1 Å². The summed E-state index contributed by atoms with van der Waals surface area (Å²) in [6.07, 6.45) is 1.56. The van der Waals surface area contributed by atoms with Crippen molar-refractivity contribution in [2.45, 2.75) is 73.6 Å². The molecule has 0 aliphatic heterocycles. The Balaban J connectivity index is 2.49. The van der Waals surface area contributed by atoms with Gasteiger partial charge in [-0.3, -0.25) is 0 Å². The quantitative estimate of drug-likeness (QED) is 0.360. The Labute approximate surface area is 192 Å². The van der Waals surface area contributed by atoms with Crippen LogP contribution in [0.3, 0.4) is 0 Å². The Kier molecular flexibility index (Phi) is 8.48. The van der Waals surface area contributed by atoms with Crippen molar-refractivity contribution in [1.82, 2.24) is 4.90 Å². The van der Waals surface area contributed by atoms with Crippen molar-refractivity contribution in [1.29, 1.82) is 0 Å². The first-order valence-corrected chi connectivity index (χ1v) is 11.5. The molecule has 0 aliphatic rings. The van der Waals surface area contributed by atoms with Crippen LogP contribution in [0.25, 0.3) is 0 Å². The van der Waals surface area contributed by atoms with Gasteiger partial charge in [-0.05, 0) is 73.9 Å². The first-order valence-electron chi connectivity index (χ1n) is 11.5. The number of hydrogen-bond acceptors (Lipinski definition) is 4. The van der Waals surface area contributed by atoms with Gasteiger partial charge in [0.2, 0.25) is 0 Å².